The van der Waals surface area contributed by atoms with E-state index >= 15 is 0 Å². The van der Waals surface area contributed by atoms with E-state index in [9.17, 15) is 5.11 Å². The van der Waals surface area contributed by atoms with Gasteiger partial charge in [0.15, 0.2) is 0 Å². The molecule has 4 heteroatoms. The zero-order valence-corrected chi connectivity index (χ0v) is 8.26. The summed E-state index contributed by atoms with van der Waals surface area (Å²) in [6.45, 7) is 2.00. The normalized spacial score (nSPS) is 25.8. The molecule has 0 aliphatic carbocycles. The van der Waals surface area contributed by atoms with Gasteiger partial charge in [0.05, 0.1) is 0 Å². The van der Waals surface area contributed by atoms with E-state index in [-0.39, 0.29) is 6.10 Å². The maximum atomic E-state index is 9.94. The van der Waals surface area contributed by atoms with Gasteiger partial charge in [-0.05, 0) is 19.4 Å². The Morgan fingerprint density at radius 1 is 1.69 bits per heavy atom. The molecule has 0 amide bonds. The van der Waals surface area contributed by atoms with Crippen LogP contribution in [0.3, 0.4) is 0 Å². The summed E-state index contributed by atoms with van der Waals surface area (Å²) in [6.07, 6.45) is 3.65. The first kappa shape index (κ1) is 9.12. The number of nitrogens with one attached hydrogen (secondary N) is 1. The third-order valence-electron chi connectivity index (χ3n) is 2.49. The Kier molecular flexibility index (Phi) is 2.93. The summed E-state index contributed by atoms with van der Waals surface area (Å²) in [5.41, 5.74) is 0. The van der Waals surface area contributed by atoms with Crippen LogP contribution >= 0.6 is 11.3 Å². The second-order valence-electron chi connectivity index (χ2n) is 3.42. The third kappa shape index (κ3) is 2.07. The molecule has 2 heterocycles. The molecule has 0 radical (unpaired) electrons. The van der Waals surface area contributed by atoms with Gasteiger partial charge in [-0.1, -0.05) is 0 Å². The first-order valence-electron chi connectivity index (χ1n) is 4.66. The second kappa shape index (κ2) is 4.17. The molecule has 1 aliphatic rings. The smallest absolute Gasteiger partial charge is 0.121 e. The van der Waals surface area contributed by atoms with Crippen molar-refractivity contribution in [2.45, 2.75) is 18.9 Å². The number of hydrogen-bond acceptors (Lipinski definition) is 4. The summed E-state index contributed by atoms with van der Waals surface area (Å²) >= 11 is 1.54. The molecule has 13 heavy (non-hydrogen) atoms. The van der Waals surface area contributed by atoms with Crippen LogP contribution in [-0.2, 0) is 0 Å². The molecule has 3 nitrogen and oxygen atoms in total. The van der Waals surface area contributed by atoms with Gasteiger partial charge in [0.2, 0.25) is 0 Å². The van der Waals surface area contributed by atoms with E-state index in [4.69, 9.17) is 0 Å². The van der Waals surface area contributed by atoms with Gasteiger partial charge < -0.3 is 10.4 Å². The van der Waals surface area contributed by atoms with Crippen LogP contribution in [0.5, 0.6) is 0 Å². The lowest BCUT2D eigenvalue weighted by Crippen LogP contribution is -2.33. The van der Waals surface area contributed by atoms with Crippen molar-refractivity contribution in [2.24, 2.45) is 5.92 Å². The van der Waals surface area contributed by atoms with Gasteiger partial charge in [0, 0.05) is 24.0 Å². The minimum absolute atomic E-state index is 0.347. The van der Waals surface area contributed by atoms with Gasteiger partial charge in [0.1, 0.15) is 11.1 Å². The third-order valence-corrected chi connectivity index (χ3v) is 3.33. The van der Waals surface area contributed by atoms with Crippen molar-refractivity contribution < 1.29 is 5.11 Å². The maximum Gasteiger partial charge on any atom is 0.121 e. The monoisotopic (exact) mass is 198 g/mol. The molecule has 2 N–H and O–H groups in total. The molecule has 1 unspecified atom stereocenters. The SMILES string of the molecule is O[C@@H](c1nccs1)C1CCCNC1. The topological polar surface area (TPSA) is 45.2 Å². The summed E-state index contributed by atoms with van der Waals surface area (Å²) in [5, 5.41) is 16.0. The Bertz CT molecular complexity index is 244. The van der Waals surface area contributed by atoms with Crippen molar-refractivity contribution in [1.82, 2.24) is 10.3 Å². The number of piperidine rings is 1. The van der Waals surface area contributed by atoms with Crippen LogP contribution in [0, 0.1) is 5.92 Å². The Morgan fingerprint density at radius 3 is 3.23 bits per heavy atom. The van der Waals surface area contributed by atoms with Crippen LogP contribution < -0.4 is 5.32 Å². The van der Waals surface area contributed by atoms with E-state index < -0.39 is 0 Å². The minimum Gasteiger partial charge on any atom is -0.386 e. The predicted octanol–water partition coefficient (Wildman–Crippen LogP) is 1.18. The molecule has 0 saturated carbocycles. The molecular formula is C9H14N2OS. The van der Waals surface area contributed by atoms with Gasteiger partial charge >= 0.3 is 0 Å². The van der Waals surface area contributed by atoms with Gasteiger partial charge in [-0.25, -0.2) is 4.98 Å². The minimum atomic E-state index is -0.368. The van der Waals surface area contributed by atoms with Gasteiger partial charge in [-0.15, -0.1) is 11.3 Å². The second-order valence-corrected chi connectivity index (χ2v) is 4.35. The van der Waals surface area contributed by atoms with Crippen molar-refractivity contribution >= 4 is 11.3 Å². The number of rotatable bonds is 2. The van der Waals surface area contributed by atoms with Crippen LogP contribution in [0.1, 0.15) is 24.0 Å². The zero-order chi connectivity index (χ0) is 9.10. The van der Waals surface area contributed by atoms with Crippen LogP contribution in [-0.4, -0.2) is 23.2 Å². The van der Waals surface area contributed by atoms with Crippen molar-refractivity contribution in [1.29, 1.82) is 0 Å². The molecule has 2 rings (SSSR count). The molecule has 1 fully saturated rings. The summed E-state index contributed by atoms with van der Waals surface area (Å²) in [6, 6.07) is 0. The zero-order valence-electron chi connectivity index (χ0n) is 7.44. The van der Waals surface area contributed by atoms with E-state index in [0.717, 1.165) is 30.9 Å². The van der Waals surface area contributed by atoms with Gasteiger partial charge in [-0.2, -0.15) is 0 Å². The Labute approximate surface area is 81.8 Å². The lowest BCUT2D eigenvalue weighted by Gasteiger charge is -2.25. The number of aromatic nitrogens is 1. The Balaban J connectivity index is 1.99. The lowest BCUT2D eigenvalue weighted by molar-refractivity contribution is 0.0919. The highest BCUT2D eigenvalue weighted by Crippen LogP contribution is 2.27. The molecule has 0 spiro atoms. The molecule has 72 valence electrons. The molecular weight excluding hydrogens is 184 g/mol. The fourth-order valence-corrected chi connectivity index (χ4v) is 2.45. The van der Waals surface area contributed by atoms with Crippen molar-refractivity contribution in [2.75, 3.05) is 13.1 Å². The number of aliphatic hydroxyl groups excluding tert-OH is 1. The van der Waals surface area contributed by atoms with Crippen molar-refractivity contribution in [3.05, 3.63) is 16.6 Å². The van der Waals surface area contributed by atoms with Gasteiger partial charge in [0.25, 0.3) is 0 Å². The number of thiazole rings is 1. The number of nitrogens with zero attached hydrogens (tertiary/aromatic N) is 1. The average Bonchev–Trinajstić information content (AvgIpc) is 2.71. The summed E-state index contributed by atoms with van der Waals surface area (Å²) in [7, 11) is 0. The summed E-state index contributed by atoms with van der Waals surface area (Å²) < 4.78 is 0. The molecule has 1 saturated heterocycles. The summed E-state index contributed by atoms with van der Waals surface area (Å²) in [4.78, 5) is 4.13. The molecule has 0 aromatic carbocycles. The van der Waals surface area contributed by atoms with Crippen LogP contribution in [0.25, 0.3) is 0 Å². The first-order valence-corrected chi connectivity index (χ1v) is 5.54. The Morgan fingerprint density at radius 2 is 2.62 bits per heavy atom. The highest BCUT2D eigenvalue weighted by molar-refractivity contribution is 7.09. The van der Waals surface area contributed by atoms with E-state index in [1.807, 2.05) is 5.38 Å². The molecule has 1 aromatic heterocycles. The van der Waals surface area contributed by atoms with Crippen LogP contribution in [0.2, 0.25) is 0 Å². The van der Waals surface area contributed by atoms with E-state index in [2.05, 4.69) is 10.3 Å². The van der Waals surface area contributed by atoms with E-state index in [0.29, 0.717) is 5.92 Å². The van der Waals surface area contributed by atoms with Gasteiger partial charge in [-0.3, -0.25) is 0 Å². The van der Waals surface area contributed by atoms with Crippen molar-refractivity contribution in [3.8, 4) is 0 Å². The lowest BCUT2D eigenvalue weighted by atomic mass is 9.94. The highest BCUT2D eigenvalue weighted by Gasteiger charge is 2.24. The largest absolute Gasteiger partial charge is 0.386 e. The maximum absolute atomic E-state index is 9.94. The average molecular weight is 198 g/mol. The van der Waals surface area contributed by atoms with Crippen LogP contribution in [0.15, 0.2) is 11.6 Å². The number of aliphatic hydroxyl groups is 1. The molecule has 1 aliphatic heterocycles. The first-order chi connectivity index (χ1) is 6.38. The van der Waals surface area contributed by atoms with Crippen LogP contribution in [0.4, 0.5) is 0 Å². The number of hydrogen-bond donors (Lipinski definition) is 2. The fourth-order valence-electron chi connectivity index (χ4n) is 1.73. The standard InChI is InChI=1S/C9H14N2OS/c12-8(9-11-4-5-13-9)7-2-1-3-10-6-7/h4-5,7-8,10,12H,1-3,6H2/t7?,8-/m1/s1. The molecule has 2 atom stereocenters. The van der Waals surface area contributed by atoms with E-state index in [1.54, 1.807) is 6.20 Å². The highest BCUT2D eigenvalue weighted by atomic mass is 32.1. The van der Waals surface area contributed by atoms with Crippen molar-refractivity contribution in [3.63, 3.8) is 0 Å². The molecule has 0 bridgehead atoms. The fraction of sp³-hybridized carbons (Fsp3) is 0.667. The summed E-state index contributed by atoms with van der Waals surface area (Å²) in [5.74, 6) is 0.347. The Hall–Kier alpha value is -0.450. The predicted molar refractivity (Wildman–Crippen MR) is 52.7 cm³/mol. The quantitative estimate of drug-likeness (QED) is 0.750. The van der Waals surface area contributed by atoms with E-state index in [1.165, 1.54) is 11.3 Å². The molecule has 1 aromatic rings.